The number of hydrogen-bond donors (Lipinski definition) is 2. The molecule has 5 aromatic rings. The summed E-state index contributed by atoms with van der Waals surface area (Å²) in [6.07, 6.45) is 9.17. The van der Waals surface area contributed by atoms with Crippen LogP contribution in [0.1, 0.15) is 24.7 Å². The zero-order valence-corrected chi connectivity index (χ0v) is 19.6. The smallest absolute Gasteiger partial charge is 0.160 e. The number of anilines is 2. The minimum atomic E-state index is -0.452. The van der Waals surface area contributed by atoms with Crippen molar-refractivity contribution in [1.82, 2.24) is 39.9 Å². The second-order valence-corrected chi connectivity index (χ2v) is 8.60. The first-order chi connectivity index (χ1) is 17.5. The Bertz CT molecular complexity index is 1630. The van der Waals surface area contributed by atoms with Crippen LogP contribution in [0.2, 0.25) is 0 Å². The molecule has 2 N–H and O–H groups in total. The predicted octanol–water partition coefficient (Wildman–Crippen LogP) is 4.21. The summed E-state index contributed by atoms with van der Waals surface area (Å²) < 4.78 is 23.0. The molecule has 1 aromatic carbocycles. The SMILES string of the molecule is Cc1c(Oc2ccn3ncnc3c2)ccc(Nc2ncnc3cnc(C4=CCN[C@@H](C)C4)nc23)c1F. The molecule has 6 rings (SSSR count). The van der Waals surface area contributed by atoms with E-state index in [2.05, 4.69) is 48.7 Å². The van der Waals surface area contributed by atoms with Crippen molar-refractivity contribution in [3.05, 3.63) is 72.6 Å². The van der Waals surface area contributed by atoms with Crippen molar-refractivity contribution in [3.63, 3.8) is 0 Å². The normalized spacial score (nSPS) is 15.8. The molecule has 180 valence electrons. The number of nitrogens with zero attached hydrogens (tertiary/aromatic N) is 7. The fourth-order valence-corrected chi connectivity index (χ4v) is 4.14. The van der Waals surface area contributed by atoms with Crippen molar-refractivity contribution < 1.29 is 9.13 Å². The standard InChI is InChI=1S/C25H22FN9O/c1-14-9-16(5-7-27-14)24-28-11-19-23(34-24)25(31-12-29-19)33-18-3-4-20(15(2)22(18)26)36-17-6-8-35-21(10-17)30-13-32-35/h3-6,8,10-14,27H,7,9H2,1-2H3,(H,29,31,33)/t14-/m0/s1. The lowest BCUT2D eigenvalue weighted by atomic mass is 10.0. The van der Waals surface area contributed by atoms with E-state index in [1.54, 1.807) is 48.1 Å². The van der Waals surface area contributed by atoms with Crippen LogP contribution < -0.4 is 15.4 Å². The van der Waals surface area contributed by atoms with Gasteiger partial charge >= 0.3 is 0 Å². The highest BCUT2D eigenvalue weighted by Crippen LogP contribution is 2.33. The van der Waals surface area contributed by atoms with Crippen molar-refractivity contribution in [2.24, 2.45) is 0 Å². The van der Waals surface area contributed by atoms with Crippen LogP contribution >= 0.6 is 0 Å². The van der Waals surface area contributed by atoms with Crippen molar-refractivity contribution in [2.75, 3.05) is 11.9 Å². The molecular weight excluding hydrogens is 461 g/mol. The fraction of sp³-hybridized carbons (Fsp3) is 0.200. The largest absolute Gasteiger partial charge is 0.457 e. The molecule has 0 saturated heterocycles. The fourth-order valence-electron chi connectivity index (χ4n) is 4.14. The first-order valence-corrected chi connectivity index (χ1v) is 11.5. The zero-order chi connectivity index (χ0) is 24.6. The molecule has 0 saturated carbocycles. The first-order valence-electron chi connectivity index (χ1n) is 11.5. The van der Waals surface area contributed by atoms with E-state index in [0.29, 0.717) is 51.4 Å². The van der Waals surface area contributed by atoms with Crippen LogP contribution in [0.15, 0.2) is 55.4 Å². The lowest BCUT2D eigenvalue weighted by Crippen LogP contribution is -2.30. The van der Waals surface area contributed by atoms with E-state index in [9.17, 15) is 0 Å². The maximum atomic E-state index is 15.4. The van der Waals surface area contributed by atoms with Crippen LogP contribution in [0.5, 0.6) is 11.5 Å². The van der Waals surface area contributed by atoms with E-state index in [1.165, 1.54) is 12.7 Å². The highest BCUT2D eigenvalue weighted by Gasteiger charge is 2.18. The third-order valence-corrected chi connectivity index (χ3v) is 6.08. The molecule has 0 aliphatic carbocycles. The highest BCUT2D eigenvalue weighted by atomic mass is 19.1. The Balaban J connectivity index is 1.30. The molecule has 0 radical (unpaired) electrons. The maximum absolute atomic E-state index is 15.4. The summed E-state index contributed by atoms with van der Waals surface area (Å²) in [7, 11) is 0. The average molecular weight is 484 g/mol. The van der Waals surface area contributed by atoms with E-state index in [1.807, 2.05) is 0 Å². The van der Waals surface area contributed by atoms with Crippen LogP contribution in [0, 0.1) is 12.7 Å². The molecule has 0 bridgehead atoms. The number of nitrogens with one attached hydrogen (secondary N) is 2. The van der Waals surface area contributed by atoms with Crippen LogP contribution in [0.25, 0.3) is 22.3 Å². The van der Waals surface area contributed by atoms with Gasteiger partial charge in [-0.25, -0.2) is 33.8 Å². The first kappa shape index (κ1) is 22.0. The molecule has 36 heavy (non-hydrogen) atoms. The minimum absolute atomic E-state index is 0.252. The number of aromatic nitrogens is 7. The van der Waals surface area contributed by atoms with Crippen molar-refractivity contribution in [3.8, 4) is 11.5 Å². The molecule has 0 fully saturated rings. The number of pyridine rings is 1. The van der Waals surface area contributed by atoms with Crippen molar-refractivity contribution >= 4 is 33.8 Å². The van der Waals surface area contributed by atoms with Gasteiger partial charge in [-0.3, -0.25) is 0 Å². The summed E-state index contributed by atoms with van der Waals surface area (Å²) in [4.78, 5) is 22.0. The third kappa shape index (κ3) is 4.09. The lowest BCUT2D eigenvalue weighted by molar-refractivity contribution is 0.471. The van der Waals surface area contributed by atoms with E-state index in [4.69, 9.17) is 9.72 Å². The van der Waals surface area contributed by atoms with Gasteiger partial charge in [0.15, 0.2) is 23.1 Å². The molecule has 0 amide bonds. The number of fused-ring (bicyclic) bond motifs is 2. The van der Waals surface area contributed by atoms with E-state index >= 15 is 4.39 Å². The molecule has 1 atom stereocenters. The van der Waals surface area contributed by atoms with Gasteiger partial charge in [0, 0.05) is 30.4 Å². The number of hydrogen-bond acceptors (Lipinski definition) is 9. The van der Waals surface area contributed by atoms with Gasteiger partial charge in [0.1, 0.15) is 35.2 Å². The molecule has 1 aliphatic heterocycles. The van der Waals surface area contributed by atoms with Gasteiger partial charge in [0.2, 0.25) is 0 Å². The zero-order valence-electron chi connectivity index (χ0n) is 19.6. The number of rotatable bonds is 5. The second kappa shape index (κ2) is 8.93. The highest BCUT2D eigenvalue weighted by molar-refractivity contribution is 5.87. The average Bonchev–Trinajstić information content (AvgIpc) is 3.36. The van der Waals surface area contributed by atoms with Gasteiger partial charge in [0.25, 0.3) is 0 Å². The predicted molar refractivity (Wildman–Crippen MR) is 133 cm³/mol. The van der Waals surface area contributed by atoms with Crippen LogP contribution in [0.3, 0.4) is 0 Å². The van der Waals surface area contributed by atoms with E-state index in [-0.39, 0.29) is 5.69 Å². The Morgan fingerprint density at radius 3 is 2.94 bits per heavy atom. The van der Waals surface area contributed by atoms with Gasteiger partial charge in [-0.2, -0.15) is 5.10 Å². The summed E-state index contributed by atoms with van der Waals surface area (Å²) >= 11 is 0. The van der Waals surface area contributed by atoms with Gasteiger partial charge < -0.3 is 15.4 Å². The molecular formula is C25H22FN9O. The van der Waals surface area contributed by atoms with Gasteiger partial charge in [-0.05, 0) is 44.0 Å². The van der Waals surface area contributed by atoms with Crippen molar-refractivity contribution in [1.29, 1.82) is 0 Å². The molecule has 5 heterocycles. The van der Waals surface area contributed by atoms with E-state index in [0.717, 1.165) is 18.5 Å². The molecule has 0 unspecified atom stereocenters. The Kier molecular flexibility index (Phi) is 5.45. The topological polar surface area (TPSA) is 115 Å². The number of halogens is 1. The summed E-state index contributed by atoms with van der Waals surface area (Å²) in [5, 5.41) is 10.5. The molecule has 1 aliphatic rings. The molecule has 10 nitrogen and oxygen atoms in total. The quantitative estimate of drug-likeness (QED) is 0.379. The summed E-state index contributed by atoms with van der Waals surface area (Å²) in [5.41, 5.74) is 3.39. The Morgan fingerprint density at radius 2 is 2.06 bits per heavy atom. The summed E-state index contributed by atoms with van der Waals surface area (Å²) in [6.45, 7) is 4.55. The second-order valence-electron chi connectivity index (χ2n) is 8.60. The Morgan fingerprint density at radius 1 is 1.14 bits per heavy atom. The molecule has 11 heteroatoms. The van der Waals surface area contributed by atoms with Crippen molar-refractivity contribution in [2.45, 2.75) is 26.3 Å². The third-order valence-electron chi connectivity index (χ3n) is 6.08. The van der Waals surface area contributed by atoms with Gasteiger partial charge in [-0.1, -0.05) is 6.08 Å². The lowest BCUT2D eigenvalue weighted by Gasteiger charge is -2.20. The minimum Gasteiger partial charge on any atom is -0.457 e. The monoisotopic (exact) mass is 483 g/mol. The maximum Gasteiger partial charge on any atom is 0.160 e. The molecule has 4 aromatic heterocycles. The molecule has 0 spiro atoms. The summed E-state index contributed by atoms with van der Waals surface area (Å²) in [5.74, 6) is 1.50. The Hall–Kier alpha value is -4.51. The van der Waals surface area contributed by atoms with Crippen LogP contribution in [0.4, 0.5) is 15.9 Å². The Labute approximate surface area is 205 Å². The number of benzene rings is 1. The van der Waals surface area contributed by atoms with Crippen LogP contribution in [-0.4, -0.2) is 47.1 Å². The summed E-state index contributed by atoms with van der Waals surface area (Å²) in [6, 6.07) is 7.14. The van der Waals surface area contributed by atoms with Gasteiger partial charge in [0.05, 0.1) is 11.9 Å². The van der Waals surface area contributed by atoms with Crippen LogP contribution in [-0.2, 0) is 0 Å². The van der Waals surface area contributed by atoms with Gasteiger partial charge in [-0.15, -0.1) is 0 Å². The number of ether oxygens (including phenoxy) is 1. The van der Waals surface area contributed by atoms with E-state index < -0.39 is 5.82 Å².